The van der Waals surface area contributed by atoms with Crippen LogP contribution in [0.4, 0.5) is 0 Å². The molecule has 0 N–H and O–H groups in total. The molecule has 3 heterocycles. The van der Waals surface area contributed by atoms with Crippen LogP contribution in [0, 0.1) is 6.92 Å². The Morgan fingerprint density at radius 3 is 2.52 bits per heavy atom. The fraction of sp³-hybridized carbons (Fsp3) is 0.0455. The topological polar surface area (TPSA) is 48.0 Å². The third-order valence-corrected chi connectivity index (χ3v) is 5.50. The molecule has 0 bridgehead atoms. The highest BCUT2D eigenvalue weighted by Gasteiger charge is 2.19. The zero-order valence-corrected chi connectivity index (χ0v) is 16.9. The highest BCUT2D eigenvalue weighted by atomic mass is 35.5. The van der Waals surface area contributed by atoms with Gasteiger partial charge in [-0.25, -0.2) is 9.67 Å². The number of rotatable bonds is 3. The molecule has 3 aromatic heterocycles. The summed E-state index contributed by atoms with van der Waals surface area (Å²) >= 11 is 12.2. The van der Waals surface area contributed by atoms with E-state index in [0.29, 0.717) is 15.7 Å². The van der Waals surface area contributed by atoms with E-state index in [0.717, 1.165) is 28.3 Å². The lowest BCUT2D eigenvalue weighted by molar-refractivity contribution is 0.803. The molecule has 0 aliphatic carbocycles. The van der Waals surface area contributed by atoms with Crippen molar-refractivity contribution in [1.82, 2.24) is 24.4 Å². The zero-order chi connectivity index (χ0) is 20.0. The Bertz CT molecular complexity index is 1340. The standard InChI is InChI=1S/C22H15Cl2N5/c1-14-5-7-15(8-6-14)21-22(28-11-3-2-4-20(28)25-21)19-13-29(27-26-19)16-9-10-17(23)18(24)12-16/h2-13H,1H3. The average molecular weight is 420 g/mol. The van der Waals surface area contributed by atoms with Crippen molar-refractivity contribution < 1.29 is 0 Å². The van der Waals surface area contributed by atoms with Gasteiger partial charge in [-0.15, -0.1) is 5.10 Å². The van der Waals surface area contributed by atoms with Crippen LogP contribution in [0.25, 0.3) is 34.0 Å². The predicted octanol–water partition coefficient (Wildman–Crippen LogP) is 5.86. The Hall–Kier alpha value is -3.15. The number of benzene rings is 2. The number of pyridine rings is 1. The second-order valence-corrected chi connectivity index (χ2v) is 7.57. The van der Waals surface area contributed by atoms with E-state index in [1.54, 1.807) is 16.8 Å². The van der Waals surface area contributed by atoms with Crippen molar-refractivity contribution in [2.75, 3.05) is 0 Å². The summed E-state index contributed by atoms with van der Waals surface area (Å²) in [5.41, 5.74) is 6.31. The van der Waals surface area contributed by atoms with Gasteiger partial charge < -0.3 is 0 Å². The average Bonchev–Trinajstić information content (AvgIpc) is 3.35. The first-order valence-electron chi connectivity index (χ1n) is 9.02. The lowest BCUT2D eigenvalue weighted by atomic mass is 10.1. The molecule has 29 heavy (non-hydrogen) atoms. The molecule has 5 nitrogen and oxygen atoms in total. The molecule has 0 atom stereocenters. The number of aromatic nitrogens is 5. The molecule has 0 saturated carbocycles. The van der Waals surface area contributed by atoms with Gasteiger partial charge >= 0.3 is 0 Å². The van der Waals surface area contributed by atoms with Crippen molar-refractivity contribution in [2.24, 2.45) is 0 Å². The maximum Gasteiger partial charge on any atom is 0.137 e. The molecule has 0 radical (unpaired) electrons. The van der Waals surface area contributed by atoms with Crippen LogP contribution in [-0.2, 0) is 0 Å². The number of imidazole rings is 1. The maximum absolute atomic E-state index is 6.16. The number of nitrogens with zero attached hydrogens (tertiary/aromatic N) is 5. The fourth-order valence-corrected chi connectivity index (χ4v) is 3.57. The Balaban J connectivity index is 1.69. The normalized spacial score (nSPS) is 11.3. The van der Waals surface area contributed by atoms with Crippen LogP contribution in [-0.4, -0.2) is 24.4 Å². The minimum absolute atomic E-state index is 0.469. The van der Waals surface area contributed by atoms with Crippen molar-refractivity contribution in [2.45, 2.75) is 6.92 Å². The summed E-state index contributed by atoms with van der Waals surface area (Å²) < 4.78 is 3.71. The van der Waals surface area contributed by atoms with Gasteiger partial charge in [-0.2, -0.15) is 0 Å². The molecule has 0 fully saturated rings. The molecule has 0 aliphatic rings. The van der Waals surface area contributed by atoms with Crippen LogP contribution in [0.1, 0.15) is 5.56 Å². The van der Waals surface area contributed by atoms with Crippen LogP contribution in [0.5, 0.6) is 0 Å². The van der Waals surface area contributed by atoms with E-state index in [2.05, 4.69) is 41.5 Å². The molecule has 0 saturated heterocycles. The smallest absolute Gasteiger partial charge is 0.137 e. The van der Waals surface area contributed by atoms with Crippen LogP contribution in [0.3, 0.4) is 0 Å². The van der Waals surface area contributed by atoms with Gasteiger partial charge in [0.25, 0.3) is 0 Å². The quantitative estimate of drug-likeness (QED) is 0.367. The molecule has 7 heteroatoms. The summed E-state index contributed by atoms with van der Waals surface area (Å²) in [5.74, 6) is 0. The van der Waals surface area contributed by atoms with Crippen LogP contribution in [0.2, 0.25) is 10.0 Å². The van der Waals surface area contributed by atoms with Gasteiger partial charge in [0.05, 0.1) is 27.6 Å². The molecule has 0 amide bonds. The largest absolute Gasteiger partial charge is 0.298 e. The van der Waals surface area contributed by atoms with E-state index in [1.165, 1.54) is 5.56 Å². The van der Waals surface area contributed by atoms with Gasteiger partial charge in [-0.05, 0) is 37.3 Å². The van der Waals surface area contributed by atoms with Crippen molar-refractivity contribution in [3.63, 3.8) is 0 Å². The molecule has 5 aromatic rings. The number of hydrogen-bond donors (Lipinski definition) is 0. The Labute approximate surface area is 177 Å². The van der Waals surface area contributed by atoms with Gasteiger partial charge in [0.15, 0.2) is 0 Å². The molecule has 2 aromatic carbocycles. The third kappa shape index (κ3) is 3.18. The summed E-state index contributed by atoms with van der Waals surface area (Å²) in [6, 6.07) is 19.6. The lowest BCUT2D eigenvalue weighted by Crippen LogP contribution is -1.94. The van der Waals surface area contributed by atoms with Gasteiger partial charge in [0, 0.05) is 11.8 Å². The molecular formula is C22H15Cl2N5. The molecule has 5 rings (SSSR count). The monoisotopic (exact) mass is 419 g/mol. The van der Waals surface area contributed by atoms with E-state index in [9.17, 15) is 0 Å². The SMILES string of the molecule is Cc1ccc(-c2nc3ccccn3c2-c2cn(-c3ccc(Cl)c(Cl)c3)nn2)cc1. The Morgan fingerprint density at radius 2 is 1.72 bits per heavy atom. The fourth-order valence-electron chi connectivity index (χ4n) is 3.28. The molecule has 0 unspecified atom stereocenters. The lowest BCUT2D eigenvalue weighted by Gasteiger charge is -2.03. The Kier molecular flexibility index (Phi) is 4.34. The van der Waals surface area contributed by atoms with Gasteiger partial charge in [0.1, 0.15) is 17.0 Å². The van der Waals surface area contributed by atoms with Crippen molar-refractivity contribution in [3.8, 4) is 28.3 Å². The van der Waals surface area contributed by atoms with E-state index in [4.69, 9.17) is 28.2 Å². The van der Waals surface area contributed by atoms with Crippen LogP contribution < -0.4 is 0 Å². The summed E-state index contributed by atoms with van der Waals surface area (Å²) in [5, 5.41) is 9.68. The second kappa shape index (κ2) is 7.03. The molecule has 142 valence electrons. The highest BCUT2D eigenvalue weighted by molar-refractivity contribution is 6.42. The van der Waals surface area contributed by atoms with E-state index in [1.807, 2.05) is 41.1 Å². The van der Waals surface area contributed by atoms with Crippen LogP contribution >= 0.6 is 23.2 Å². The molecular weight excluding hydrogens is 405 g/mol. The summed E-state index contributed by atoms with van der Waals surface area (Å²) in [6.45, 7) is 2.07. The van der Waals surface area contributed by atoms with E-state index < -0.39 is 0 Å². The number of fused-ring (bicyclic) bond motifs is 1. The zero-order valence-electron chi connectivity index (χ0n) is 15.4. The minimum Gasteiger partial charge on any atom is -0.298 e. The summed E-state index contributed by atoms with van der Waals surface area (Å²) in [4.78, 5) is 4.84. The van der Waals surface area contributed by atoms with Gasteiger partial charge in [-0.3, -0.25) is 4.40 Å². The van der Waals surface area contributed by atoms with Crippen LogP contribution in [0.15, 0.2) is 73.1 Å². The minimum atomic E-state index is 0.469. The number of hydrogen-bond acceptors (Lipinski definition) is 3. The van der Waals surface area contributed by atoms with E-state index >= 15 is 0 Å². The summed E-state index contributed by atoms with van der Waals surface area (Å²) in [6.07, 6.45) is 3.85. The first-order valence-corrected chi connectivity index (χ1v) is 9.78. The predicted molar refractivity (Wildman–Crippen MR) is 116 cm³/mol. The maximum atomic E-state index is 6.16. The second-order valence-electron chi connectivity index (χ2n) is 6.75. The van der Waals surface area contributed by atoms with Gasteiger partial charge in [-0.1, -0.05) is 64.3 Å². The summed E-state index contributed by atoms with van der Waals surface area (Å²) in [7, 11) is 0. The number of halogens is 2. The molecule has 0 spiro atoms. The first-order chi connectivity index (χ1) is 14.1. The van der Waals surface area contributed by atoms with Crippen molar-refractivity contribution in [1.29, 1.82) is 0 Å². The van der Waals surface area contributed by atoms with Crippen molar-refractivity contribution in [3.05, 3.63) is 88.7 Å². The first kappa shape index (κ1) is 17.9. The van der Waals surface area contributed by atoms with Crippen molar-refractivity contribution >= 4 is 28.8 Å². The highest BCUT2D eigenvalue weighted by Crippen LogP contribution is 2.32. The van der Waals surface area contributed by atoms with E-state index in [-0.39, 0.29) is 0 Å². The van der Waals surface area contributed by atoms with Gasteiger partial charge in [0.2, 0.25) is 0 Å². The third-order valence-electron chi connectivity index (χ3n) is 4.76. The Morgan fingerprint density at radius 1 is 0.897 bits per heavy atom. The number of aryl methyl sites for hydroxylation is 1. The molecule has 0 aliphatic heterocycles.